The van der Waals surface area contributed by atoms with Crippen molar-refractivity contribution in [2.24, 2.45) is 0 Å². The molecule has 4 heteroatoms. The predicted molar refractivity (Wildman–Crippen MR) is 54.6 cm³/mol. The lowest BCUT2D eigenvalue weighted by Crippen LogP contribution is -2.24. The summed E-state index contributed by atoms with van der Waals surface area (Å²) in [6, 6.07) is 8.68. The van der Waals surface area contributed by atoms with E-state index in [-0.39, 0.29) is 13.2 Å². The molecule has 15 heavy (non-hydrogen) atoms. The molecular weight excluding hydrogens is 196 g/mol. The molecule has 1 aromatic carbocycles. The maximum absolute atomic E-state index is 11.4. The van der Waals surface area contributed by atoms with Crippen LogP contribution in [-0.4, -0.2) is 37.5 Å². The number of ether oxygens (including phenoxy) is 2. The predicted octanol–water partition coefficient (Wildman–Crippen LogP) is 0.851. The van der Waals surface area contributed by atoms with E-state index in [1.165, 1.54) is 7.11 Å². The topological polar surface area (TPSA) is 55.8 Å². The number of carbonyl (C=O) groups is 1. The average molecular weight is 210 g/mol. The molecule has 0 saturated heterocycles. The van der Waals surface area contributed by atoms with Gasteiger partial charge in [-0.05, 0) is 12.1 Å². The van der Waals surface area contributed by atoms with Gasteiger partial charge in [-0.3, -0.25) is 0 Å². The lowest BCUT2D eigenvalue weighted by Gasteiger charge is -2.12. The Bertz CT molecular complexity index is 293. The third-order valence-corrected chi connectivity index (χ3v) is 1.95. The van der Waals surface area contributed by atoms with Crippen LogP contribution in [0.1, 0.15) is 10.4 Å². The normalized spacial score (nSPS) is 12.1. The highest BCUT2D eigenvalue weighted by Gasteiger charge is 2.10. The summed E-state index contributed by atoms with van der Waals surface area (Å²) < 4.78 is 9.81. The number of carbonyl (C=O) groups excluding carboxylic acids is 1. The highest BCUT2D eigenvalue weighted by Crippen LogP contribution is 2.02. The molecule has 0 amide bonds. The maximum Gasteiger partial charge on any atom is 0.338 e. The lowest BCUT2D eigenvalue weighted by atomic mass is 10.2. The largest absolute Gasteiger partial charge is 0.459 e. The first-order chi connectivity index (χ1) is 7.27. The summed E-state index contributed by atoms with van der Waals surface area (Å²) in [5.74, 6) is -0.411. The Balaban J connectivity index is 2.43. The second-order valence-electron chi connectivity index (χ2n) is 3.00. The molecule has 1 N–H and O–H groups in total. The smallest absolute Gasteiger partial charge is 0.338 e. The molecule has 1 unspecified atom stereocenters. The molecule has 1 atom stereocenters. The molecule has 82 valence electrons. The summed E-state index contributed by atoms with van der Waals surface area (Å²) in [6.07, 6.45) is -0.460. The van der Waals surface area contributed by atoms with Crippen LogP contribution in [0.15, 0.2) is 30.3 Å². The first kappa shape index (κ1) is 11.7. The van der Waals surface area contributed by atoms with Gasteiger partial charge in [0.05, 0.1) is 12.2 Å². The molecule has 0 aromatic heterocycles. The SMILES string of the molecule is COC(CO)COC(=O)c1ccccc1. The fourth-order valence-electron chi connectivity index (χ4n) is 1.02. The van der Waals surface area contributed by atoms with Gasteiger partial charge in [0.1, 0.15) is 12.7 Å². The van der Waals surface area contributed by atoms with E-state index in [0.717, 1.165) is 0 Å². The van der Waals surface area contributed by atoms with E-state index in [4.69, 9.17) is 14.6 Å². The highest BCUT2D eigenvalue weighted by atomic mass is 16.6. The summed E-state index contributed by atoms with van der Waals surface area (Å²) in [5.41, 5.74) is 0.491. The lowest BCUT2D eigenvalue weighted by molar-refractivity contribution is -0.0107. The molecule has 0 heterocycles. The molecule has 0 fully saturated rings. The van der Waals surface area contributed by atoms with Crippen LogP contribution < -0.4 is 0 Å². The van der Waals surface area contributed by atoms with Gasteiger partial charge in [-0.15, -0.1) is 0 Å². The van der Waals surface area contributed by atoms with Crippen LogP contribution in [0.25, 0.3) is 0 Å². The molecule has 0 saturated carbocycles. The summed E-state index contributed by atoms with van der Waals surface area (Å²) >= 11 is 0. The van der Waals surface area contributed by atoms with Crippen molar-refractivity contribution in [3.8, 4) is 0 Å². The van der Waals surface area contributed by atoms with Crippen LogP contribution in [-0.2, 0) is 9.47 Å². The molecule has 0 aliphatic carbocycles. The number of methoxy groups -OCH3 is 1. The van der Waals surface area contributed by atoms with Crippen molar-refractivity contribution in [2.45, 2.75) is 6.10 Å². The Labute approximate surface area is 88.4 Å². The summed E-state index contributed by atoms with van der Waals surface area (Å²) in [6.45, 7) is -0.112. The van der Waals surface area contributed by atoms with E-state index in [1.54, 1.807) is 24.3 Å². The minimum Gasteiger partial charge on any atom is -0.459 e. The molecule has 1 rings (SSSR count). The fourth-order valence-corrected chi connectivity index (χ4v) is 1.02. The monoisotopic (exact) mass is 210 g/mol. The Hall–Kier alpha value is -1.39. The summed E-state index contributed by atoms with van der Waals surface area (Å²) in [4.78, 5) is 11.4. The molecule has 0 spiro atoms. The van der Waals surface area contributed by atoms with Crippen molar-refractivity contribution >= 4 is 5.97 Å². The number of benzene rings is 1. The van der Waals surface area contributed by atoms with Crippen molar-refractivity contribution in [3.63, 3.8) is 0 Å². The van der Waals surface area contributed by atoms with E-state index in [1.807, 2.05) is 6.07 Å². The first-order valence-electron chi connectivity index (χ1n) is 4.63. The van der Waals surface area contributed by atoms with E-state index in [9.17, 15) is 4.79 Å². The number of rotatable bonds is 5. The van der Waals surface area contributed by atoms with Crippen molar-refractivity contribution in [1.82, 2.24) is 0 Å². The van der Waals surface area contributed by atoms with Crippen LogP contribution in [0.4, 0.5) is 0 Å². The molecule has 0 radical (unpaired) electrons. The maximum atomic E-state index is 11.4. The van der Waals surface area contributed by atoms with Crippen LogP contribution in [0, 0.1) is 0 Å². The van der Waals surface area contributed by atoms with E-state index in [2.05, 4.69) is 0 Å². The number of aliphatic hydroxyl groups is 1. The number of aliphatic hydroxyl groups excluding tert-OH is 1. The number of esters is 1. The quantitative estimate of drug-likeness (QED) is 0.732. The third-order valence-electron chi connectivity index (χ3n) is 1.95. The van der Waals surface area contributed by atoms with Gasteiger partial charge in [-0.2, -0.15) is 0 Å². The number of hydrogen-bond donors (Lipinski definition) is 1. The van der Waals surface area contributed by atoms with Gasteiger partial charge in [-0.1, -0.05) is 18.2 Å². The Morgan fingerprint density at radius 2 is 2.07 bits per heavy atom. The van der Waals surface area contributed by atoms with Crippen LogP contribution in [0.5, 0.6) is 0 Å². The summed E-state index contributed by atoms with van der Waals surface area (Å²) in [5, 5.41) is 8.79. The minimum atomic E-state index is -0.460. The van der Waals surface area contributed by atoms with Crippen LogP contribution in [0.3, 0.4) is 0 Å². The molecule has 0 bridgehead atoms. The van der Waals surface area contributed by atoms with E-state index in [0.29, 0.717) is 5.56 Å². The zero-order valence-electron chi connectivity index (χ0n) is 8.55. The fraction of sp³-hybridized carbons (Fsp3) is 0.364. The van der Waals surface area contributed by atoms with Gasteiger partial charge in [0.25, 0.3) is 0 Å². The molecule has 0 aliphatic heterocycles. The van der Waals surface area contributed by atoms with Gasteiger partial charge in [-0.25, -0.2) is 4.79 Å². The van der Waals surface area contributed by atoms with Gasteiger partial charge in [0.15, 0.2) is 0 Å². The Morgan fingerprint density at radius 1 is 1.40 bits per heavy atom. The highest BCUT2D eigenvalue weighted by molar-refractivity contribution is 5.89. The molecule has 4 nitrogen and oxygen atoms in total. The minimum absolute atomic E-state index is 0.0563. The van der Waals surface area contributed by atoms with Gasteiger partial charge in [0, 0.05) is 7.11 Å². The van der Waals surface area contributed by atoms with Crippen molar-refractivity contribution in [2.75, 3.05) is 20.3 Å². The van der Waals surface area contributed by atoms with Crippen molar-refractivity contribution in [1.29, 1.82) is 0 Å². The van der Waals surface area contributed by atoms with Gasteiger partial charge < -0.3 is 14.6 Å². The first-order valence-corrected chi connectivity index (χ1v) is 4.63. The average Bonchev–Trinajstić information content (AvgIpc) is 2.31. The summed E-state index contributed by atoms with van der Waals surface area (Å²) in [7, 11) is 1.46. The van der Waals surface area contributed by atoms with E-state index >= 15 is 0 Å². The van der Waals surface area contributed by atoms with Crippen molar-refractivity contribution < 1.29 is 19.4 Å². The van der Waals surface area contributed by atoms with Gasteiger partial charge >= 0.3 is 5.97 Å². The molecule has 1 aromatic rings. The second kappa shape index (κ2) is 6.16. The van der Waals surface area contributed by atoms with Crippen LogP contribution in [0.2, 0.25) is 0 Å². The molecular formula is C11H14O4. The Kier molecular flexibility index (Phi) is 4.80. The van der Waals surface area contributed by atoms with Crippen molar-refractivity contribution in [3.05, 3.63) is 35.9 Å². The molecule has 0 aliphatic rings. The standard InChI is InChI=1S/C11H14O4/c1-14-10(7-12)8-15-11(13)9-5-3-2-4-6-9/h2-6,10,12H,7-8H2,1H3. The zero-order chi connectivity index (χ0) is 11.1. The second-order valence-corrected chi connectivity index (χ2v) is 3.00. The third kappa shape index (κ3) is 3.69. The van der Waals surface area contributed by atoms with Crippen LogP contribution >= 0.6 is 0 Å². The number of hydrogen-bond acceptors (Lipinski definition) is 4. The Morgan fingerprint density at radius 3 is 2.60 bits per heavy atom. The zero-order valence-corrected chi connectivity index (χ0v) is 8.55. The van der Waals surface area contributed by atoms with E-state index < -0.39 is 12.1 Å². The van der Waals surface area contributed by atoms with Gasteiger partial charge in [0.2, 0.25) is 0 Å².